The maximum Gasteiger partial charge on any atom is 0.355 e. The van der Waals surface area contributed by atoms with Crippen LogP contribution in [-0.2, 0) is 0 Å². The minimum Gasteiger partial charge on any atom is -0.476 e. The summed E-state index contributed by atoms with van der Waals surface area (Å²) in [4.78, 5) is 10.7. The van der Waals surface area contributed by atoms with E-state index in [4.69, 9.17) is 5.11 Å². The van der Waals surface area contributed by atoms with E-state index in [9.17, 15) is 4.79 Å². The molecule has 6 nitrogen and oxygen atoms in total. The molecule has 2 heterocycles. The topological polar surface area (TPSA) is 80.0 Å². The summed E-state index contributed by atoms with van der Waals surface area (Å²) in [6.07, 6.45) is 2.18. The fourth-order valence-electron chi connectivity index (χ4n) is 1.51. The lowest BCUT2D eigenvalue weighted by Gasteiger charge is -2.09. The van der Waals surface area contributed by atoms with Crippen molar-refractivity contribution in [2.45, 2.75) is 12.5 Å². The number of aromatic carboxylic acids is 1. The number of hydrogen-bond acceptors (Lipinski definition) is 4. The number of rotatable bonds is 2. The summed E-state index contributed by atoms with van der Waals surface area (Å²) >= 11 is 0. The molecule has 70 valence electrons. The van der Waals surface area contributed by atoms with Crippen molar-refractivity contribution in [3.8, 4) is 0 Å². The molecule has 0 spiro atoms. The van der Waals surface area contributed by atoms with E-state index >= 15 is 0 Å². The minimum atomic E-state index is -0.975. The summed E-state index contributed by atoms with van der Waals surface area (Å²) < 4.78 is 1.47. The predicted octanol–water partition coefficient (Wildman–Crippen LogP) is -0.489. The number of carboxylic acid groups (broad SMARTS) is 1. The van der Waals surface area contributed by atoms with Gasteiger partial charge in [-0.2, -0.15) is 0 Å². The van der Waals surface area contributed by atoms with Gasteiger partial charge in [0.25, 0.3) is 0 Å². The molecule has 2 rings (SSSR count). The van der Waals surface area contributed by atoms with Gasteiger partial charge in [-0.25, -0.2) is 9.48 Å². The molecule has 0 bridgehead atoms. The van der Waals surface area contributed by atoms with Crippen LogP contribution in [0.25, 0.3) is 0 Å². The van der Waals surface area contributed by atoms with E-state index in [2.05, 4.69) is 15.6 Å². The van der Waals surface area contributed by atoms with E-state index in [0.717, 1.165) is 19.5 Å². The maximum atomic E-state index is 10.7. The first-order chi connectivity index (χ1) is 6.29. The lowest BCUT2D eigenvalue weighted by atomic mass is 10.2. The third kappa shape index (κ3) is 1.40. The average Bonchev–Trinajstić information content (AvgIpc) is 2.74. The van der Waals surface area contributed by atoms with Gasteiger partial charge in [0.1, 0.15) is 0 Å². The van der Waals surface area contributed by atoms with E-state index in [0.29, 0.717) is 0 Å². The highest BCUT2D eigenvalue weighted by molar-refractivity contribution is 5.85. The highest BCUT2D eigenvalue weighted by atomic mass is 16.4. The van der Waals surface area contributed by atoms with E-state index in [1.54, 1.807) is 0 Å². The molecule has 6 heteroatoms. The van der Waals surface area contributed by atoms with Crippen LogP contribution in [0.1, 0.15) is 23.0 Å². The van der Waals surface area contributed by atoms with Gasteiger partial charge in [-0.15, -0.1) is 5.10 Å². The largest absolute Gasteiger partial charge is 0.476 e. The Morgan fingerprint density at radius 3 is 3.23 bits per heavy atom. The number of nitrogens with one attached hydrogen (secondary N) is 1. The number of hydrogen-bond donors (Lipinski definition) is 2. The quantitative estimate of drug-likeness (QED) is 0.645. The normalized spacial score (nSPS) is 22.0. The second-order valence-corrected chi connectivity index (χ2v) is 3.02. The van der Waals surface area contributed by atoms with E-state index in [1.165, 1.54) is 10.9 Å². The molecule has 0 aromatic carbocycles. The Hall–Kier alpha value is -1.43. The summed E-state index contributed by atoms with van der Waals surface area (Å²) in [5.41, 5.74) is 0.161. The first-order valence-electron chi connectivity index (χ1n) is 4.13. The van der Waals surface area contributed by atoms with Crippen LogP contribution in [0.15, 0.2) is 6.20 Å². The van der Waals surface area contributed by atoms with Crippen molar-refractivity contribution < 1.29 is 9.90 Å². The smallest absolute Gasteiger partial charge is 0.355 e. The third-order valence-electron chi connectivity index (χ3n) is 2.17. The number of carbonyl (C=O) groups is 1. The van der Waals surface area contributed by atoms with Crippen LogP contribution in [0, 0.1) is 0 Å². The van der Waals surface area contributed by atoms with Gasteiger partial charge in [0.05, 0.1) is 12.2 Å². The fraction of sp³-hybridized carbons (Fsp3) is 0.571. The summed E-state index contributed by atoms with van der Waals surface area (Å²) in [6.45, 7) is 1.67. The molecule has 1 atom stereocenters. The molecule has 0 radical (unpaired) electrons. The Labute approximate surface area is 74.6 Å². The van der Waals surface area contributed by atoms with Gasteiger partial charge in [0.15, 0.2) is 5.69 Å². The van der Waals surface area contributed by atoms with Gasteiger partial charge in [-0.05, 0) is 13.0 Å². The number of nitrogens with zero attached hydrogens (tertiary/aromatic N) is 3. The van der Waals surface area contributed by atoms with Crippen LogP contribution in [0.2, 0.25) is 0 Å². The Bertz CT molecular complexity index is 316. The molecule has 1 aliphatic heterocycles. The Kier molecular flexibility index (Phi) is 1.97. The van der Waals surface area contributed by atoms with Crippen molar-refractivity contribution in [1.29, 1.82) is 0 Å². The van der Waals surface area contributed by atoms with Crippen LogP contribution in [0.5, 0.6) is 0 Å². The lowest BCUT2D eigenvalue weighted by Crippen LogP contribution is -2.18. The van der Waals surface area contributed by atoms with Gasteiger partial charge >= 0.3 is 5.97 Å². The molecular weight excluding hydrogens is 172 g/mol. The second-order valence-electron chi connectivity index (χ2n) is 3.02. The van der Waals surface area contributed by atoms with Crippen molar-refractivity contribution in [2.75, 3.05) is 13.1 Å². The standard InChI is InChI=1S/C7H10N4O2/c12-7(13)6-4-9-10-11(6)5-1-2-8-3-5/h4-5,8H,1-3H2,(H,12,13). The average molecular weight is 182 g/mol. The maximum absolute atomic E-state index is 10.7. The molecule has 1 aliphatic rings. The molecule has 1 aromatic rings. The monoisotopic (exact) mass is 182 g/mol. The fourth-order valence-corrected chi connectivity index (χ4v) is 1.51. The molecule has 1 unspecified atom stereocenters. The summed E-state index contributed by atoms with van der Waals surface area (Å²) in [5, 5.41) is 19.3. The van der Waals surface area contributed by atoms with E-state index in [1.807, 2.05) is 0 Å². The Morgan fingerprint density at radius 1 is 1.77 bits per heavy atom. The van der Waals surface area contributed by atoms with Crippen molar-refractivity contribution >= 4 is 5.97 Å². The molecule has 0 aliphatic carbocycles. The Balaban J connectivity index is 2.28. The first kappa shape index (κ1) is 8.18. The zero-order valence-electron chi connectivity index (χ0n) is 6.97. The minimum absolute atomic E-state index is 0.133. The van der Waals surface area contributed by atoms with Gasteiger partial charge in [0.2, 0.25) is 0 Å². The van der Waals surface area contributed by atoms with Crippen LogP contribution in [-0.4, -0.2) is 39.2 Å². The van der Waals surface area contributed by atoms with Crippen LogP contribution < -0.4 is 5.32 Å². The SMILES string of the molecule is O=C(O)c1cnnn1C1CCNC1. The van der Waals surface area contributed by atoms with Crippen LogP contribution >= 0.6 is 0 Å². The Morgan fingerprint density at radius 2 is 2.62 bits per heavy atom. The summed E-state index contributed by atoms with van der Waals surface area (Å²) in [6, 6.07) is 0.133. The molecular formula is C7H10N4O2. The molecule has 1 aromatic heterocycles. The van der Waals surface area contributed by atoms with Crippen molar-refractivity contribution in [3.63, 3.8) is 0 Å². The van der Waals surface area contributed by atoms with Gasteiger partial charge < -0.3 is 10.4 Å². The second kappa shape index (κ2) is 3.14. The van der Waals surface area contributed by atoms with Crippen molar-refractivity contribution in [1.82, 2.24) is 20.3 Å². The first-order valence-corrected chi connectivity index (χ1v) is 4.13. The van der Waals surface area contributed by atoms with E-state index < -0.39 is 5.97 Å². The highest BCUT2D eigenvalue weighted by Gasteiger charge is 2.22. The van der Waals surface area contributed by atoms with Crippen LogP contribution in [0.4, 0.5) is 0 Å². The third-order valence-corrected chi connectivity index (χ3v) is 2.17. The van der Waals surface area contributed by atoms with Crippen molar-refractivity contribution in [2.24, 2.45) is 0 Å². The summed E-state index contributed by atoms with van der Waals surface area (Å²) in [7, 11) is 0. The molecule has 1 fully saturated rings. The zero-order valence-corrected chi connectivity index (χ0v) is 6.97. The molecule has 0 amide bonds. The van der Waals surface area contributed by atoms with Gasteiger partial charge in [0, 0.05) is 6.54 Å². The van der Waals surface area contributed by atoms with Crippen molar-refractivity contribution in [3.05, 3.63) is 11.9 Å². The molecule has 13 heavy (non-hydrogen) atoms. The van der Waals surface area contributed by atoms with Gasteiger partial charge in [-0.3, -0.25) is 0 Å². The molecule has 0 saturated carbocycles. The number of carboxylic acids is 1. The predicted molar refractivity (Wildman–Crippen MR) is 43.5 cm³/mol. The number of aromatic nitrogens is 3. The van der Waals surface area contributed by atoms with Crippen LogP contribution in [0.3, 0.4) is 0 Å². The molecule has 1 saturated heterocycles. The molecule has 2 N–H and O–H groups in total. The van der Waals surface area contributed by atoms with Gasteiger partial charge in [-0.1, -0.05) is 5.21 Å². The lowest BCUT2D eigenvalue weighted by molar-refractivity contribution is 0.0680. The zero-order chi connectivity index (χ0) is 9.26. The highest BCUT2D eigenvalue weighted by Crippen LogP contribution is 2.15. The summed E-state index contributed by atoms with van der Waals surface area (Å²) in [5.74, 6) is -0.975. The van der Waals surface area contributed by atoms with E-state index in [-0.39, 0.29) is 11.7 Å².